The third-order valence-corrected chi connectivity index (χ3v) is 4.79. The lowest BCUT2D eigenvalue weighted by Gasteiger charge is -2.33. The SMILES string of the molecule is COc1ccc(OC)c(C2CCCN2C(=O)C2CCC2)c1. The highest BCUT2D eigenvalue weighted by molar-refractivity contribution is 5.80. The number of likely N-dealkylation sites (tertiary alicyclic amines) is 1. The Morgan fingerprint density at radius 2 is 1.95 bits per heavy atom. The lowest BCUT2D eigenvalue weighted by molar-refractivity contribution is -0.139. The average Bonchev–Trinajstić information content (AvgIpc) is 2.93. The molecule has 4 heteroatoms. The van der Waals surface area contributed by atoms with E-state index in [2.05, 4.69) is 4.90 Å². The van der Waals surface area contributed by atoms with Crippen LogP contribution in [0.5, 0.6) is 11.5 Å². The summed E-state index contributed by atoms with van der Waals surface area (Å²) in [6, 6.07) is 5.96. The van der Waals surface area contributed by atoms with Crippen molar-refractivity contribution < 1.29 is 14.3 Å². The van der Waals surface area contributed by atoms with Crippen molar-refractivity contribution in [2.75, 3.05) is 20.8 Å². The van der Waals surface area contributed by atoms with E-state index < -0.39 is 0 Å². The van der Waals surface area contributed by atoms with Crippen molar-refractivity contribution in [3.8, 4) is 11.5 Å². The predicted molar refractivity (Wildman–Crippen MR) is 80.6 cm³/mol. The molecule has 0 bridgehead atoms. The fourth-order valence-corrected chi connectivity index (χ4v) is 3.34. The van der Waals surface area contributed by atoms with Crippen LogP contribution in [0.4, 0.5) is 0 Å². The number of hydrogen-bond acceptors (Lipinski definition) is 3. The lowest BCUT2D eigenvalue weighted by Crippen LogP contribution is -2.38. The Kier molecular flexibility index (Phi) is 4.04. The first-order chi connectivity index (χ1) is 10.2. The number of carbonyl (C=O) groups excluding carboxylic acids is 1. The van der Waals surface area contributed by atoms with Crippen LogP contribution in [-0.4, -0.2) is 31.6 Å². The third-order valence-electron chi connectivity index (χ3n) is 4.79. The maximum absolute atomic E-state index is 12.6. The summed E-state index contributed by atoms with van der Waals surface area (Å²) in [6.07, 6.45) is 5.36. The molecule has 1 heterocycles. The van der Waals surface area contributed by atoms with Crippen LogP contribution in [-0.2, 0) is 4.79 Å². The van der Waals surface area contributed by atoms with Gasteiger partial charge in [-0.3, -0.25) is 4.79 Å². The van der Waals surface area contributed by atoms with E-state index in [0.717, 1.165) is 49.3 Å². The Morgan fingerprint density at radius 1 is 1.14 bits per heavy atom. The number of nitrogens with zero attached hydrogens (tertiary/aromatic N) is 1. The molecule has 21 heavy (non-hydrogen) atoms. The summed E-state index contributed by atoms with van der Waals surface area (Å²) in [5.74, 6) is 2.23. The van der Waals surface area contributed by atoms with Crippen LogP contribution in [0.2, 0.25) is 0 Å². The molecular weight excluding hydrogens is 266 g/mol. The number of benzene rings is 1. The molecule has 1 amide bonds. The largest absolute Gasteiger partial charge is 0.497 e. The second kappa shape index (κ2) is 5.96. The van der Waals surface area contributed by atoms with Gasteiger partial charge >= 0.3 is 0 Å². The second-order valence-electron chi connectivity index (χ2n) is 5.93. The van der Waals surface area contributed by atoms with E-state index in [9.17, 15) is 4.79 Å². The van der Waals surface area contributed by atoms with Crippen molar-refractivity contribution in [1.82, 2.24) is 4.90 Å². The Bertz CT molecular complexity index is 525. The van der Waals surface area contributed by atoms with Crippen LogP contribution in [0.15, 0.2) is 18.2 Å². The van der Waals surface area contributed by atoms with Crippen LogP contribution in [0.25, 0.3) is 0 Å². The molecule has 1 aromatic carbocycles. The third kappa shape index (κ3) is 2.59. The van der Waals surface area contributed by atoms with E-state index in [1.165, 1.54) is 6.42 Å². The van der Waals surface area contributed by atoms with Crippen molar-refractivity contribution in [1.29, 1.82) is 0 Å². The van der Waals surface area contributed by atoms with Gasteiger partial charge in [-0.1, -0.05) is 6.42 Å². The van der Waals surface area contributed by atoms with Gasteiger partial charge in [-0.15, -0.1) is 0 Å². The number of hydrogen-bond donors (Lipinski definition) is 0. The summed E-state index contributed by atoms with van der Waals surface area (Å²) in [5.41, 5.74) is 1.07. The molecule has 2 fully saturated rings. The number of methoxy groups -OCH3 is 2. The smallest absolute Gasteiger partial charge is 0.226 e. The van der Waals surface area contributed by atoms with E-state index in [4.69, 9.17) is 9.47 Å². The van der Waals surface area contributed by atoms with Gasteiger partial charge in [-0.2, -0.15) is 0 Å². The quantitative estimate of drug-likeness (QED) is 0.854. The van der Waals surface area contributed by atoms with Gasteiger partial charge in [0, 0.05) is 18.0 Å². The zero-order valence-corrected chi connectivity index (χ0v) is 12.8. The van der Waals surface area contributed by atoms with E-state index in [0.29, 0.717) is 5.91 Å². The Labute approximate surface area is 126 Å². The maximum Gasteiger partial charge on any atom is 0.226 e. The molecule has 1 aliphatic carbocycles. The molecular formula is C17H23NO3. The summed E-state index contributed by atoms with van der Waals surface area (Å²) < 4.78 is 10.8. The molecule has 2 aliphatic rings. The van der Waals surface area contributed by atoms with Gasteiger partial charge in [0.15, 0.2) is 0 Å². The summed E-state index contributed by atoms with van der Waals surface area (Å²) >= 11 is 0. The van der Waals surface area contributed by atoms with Crippen molar-refractivity contribution in [3.05, 3.63) is 23.8 Å². The molecule has 1 unspecified atom stereocenters. The fraction of sp³-hybridized carbons (Fsp3) is 0.588. The van der Waals surface area contributed by atoms with Gasteiger partial charge < -0.3 is 14.4 Å². The van der Waals surface area contributed by atoms with Crippen molar-refractivity contribution in [2.45, 2.75) is 38.1 Å². The van der Waals surface area contributed by atoms with Crippen molar-refractivity contribution in [3.63, 3.8) is 0 Å². The van der Waals surface area contributed by atoms with Crippen LogP contribution in [0.3, 0.4) is 0 Å². The highest BCUT2D eigenvalue weighted by Crippen LogP contribution is 2.41. The molecule has 1 saturated heterocycles. The van der Waals surface area contributed by atoms with Crippen LogP contribution >= 0.6 is 0 Å². The second-order valence-corrected chi connectivity index (χ2v) is 5.93. The molecule has 1 aromatic rings. The zero-order chi connectivity index (χ0) is 14.8. The molecule has 0 N–H and O–H groups in total. The standard InChI is InChI=1S/C17H23NO3/c1-20-13-8-9-16(21-2)14(11-13)15-7-4-10-18(15)17(19)12-5-3-6-12/h8-9,11-12,15H,3-7,10H2,1-2H3. The minimum atomic E-state index is 0.128. The number of ether oxygens (including phenoxy) is 2. The molecule has 4 nitrogen and oxygen atoms in total. The van der Waals surface area contributed by atoms with Crippen LogP contribution < -0.4 is 9.47 Å². The van der Waals surface area contributed by atoms with E-state index in [1.807, 2.05) is 18.2 Å². The lowest BCUT2D eigenvalue weighted by atomic mass is 9.84. The minimum Gasteiger partial charge on any atom is -0.497 e. The number of carbonyl (C=O) groups is 1. The first-order valence-electron chi connectivity index (χ1n) is 7.77. The molecule has 0 aromatic heterocycles. The van der Waals surface area contributed by atoms with Crippen molar-refractivity contribution >= 4 is 5.91 Å². The van der Waals surface area contributed by atoms with E-state index >= 15 is 0 Å². The van der Waals surface area contributed by atoms with Crippen LogP contribution in [0.1, 0.15) is 43.7 Å². The van der Waals surface area contributed by atoms with Gasteiger partial charge in [0.2, 0.25) is 5.91 Å². The van der Waals surface area contributed by atoms with Crippen LogP contribution in [0, 0.1) is 5.92 Å². The Balaban J connectivity index is 1.88. The summed E-state index contributed by atoms with van der Waals surface area (Å²) in [6.45, 7) is 0.861. The molecule has 1 atom stereocenters. The Morgan fingerprint density at radius 3 is 2.57 bits per heavy atom. The highest BCUT2D eigenvalue weighted by atomic mass is 16.5. The van der Waals surface area contributed by atoms with Gasteiger partial charge in [-0.05, 0) is 43.9 Å². The number of rotatable bonds is 4. The fourth-order valence-electron chi connectivity index (χ4n) is 3.34. The predicted octanol–water partition coefficient (Wildman–Crippen LogP) is 3.17. The number of amides is 1. The summed E-state index contributed by atoms with van der Waals surface area (Å²) in [5, 5.41) is 0. The molecule has 0 radical (unpaired) electrons. The van der Waals surface area contributed by atoms with Gasteiger partial charge in [0.25, 0.3) is 0 Å². The molecule has 1 saturated carbocycles. The van der Waals surface area contributed by atoms with E-state index in [1.54, 1.807) is 14.2 Å². The van der Waals surface area contributed by atoms with E-state index in [-0.39, 0.29) is 12.0 Å². The first kappa shape index (κ1) is 14.2. The molecule has 0 spiro atoms. The first-order valence-corrected chi connectivity index (χ1v) is 7.77. The molecule has 1 aliphatic heterocycles. The average molecular weight is 289 g/mol. The monoisotopic (exact) mass is 289 g/mol. The summed E-state index contributed by atoms with van der Waals surface area (Å²) in [4.78, 5) is 14.7. The van der Waals surface area contributed by atoms with Gasteiger partial charge in [0.1, 0.15) is 11.5 Å². The normalized spacial score (nSPS) is 22.0. The molecule has 114 valence electrons. The minimum absolute atomic E-state index is 0.128. The van der Waals surface area contributed by atoms with Gasteiger partial charge in [-0.25, -0.2) is 0 Å². The highest BCUT2D eigenvalue weighted by Gasteiger charge is 2.37. The Hall–Kier alpha value is -1.71. The molecule has 3 rings (SSSR count). The maximum atomic E-state index is 12.6. The van der Waals surface area contributed by atoms with Crippen molar-refractivity contribution in [2.24, 2.45) is 5.92 Å². The zero-order valence-electron chi connectivity index (χ0n) is 12.8. The summed E-state index contributed by atoms with van der Waals surface area (Å²) in [7, 11) is 3.34. The van der Waals surface area contributed by atoms with Gasteiger partial charge in [0.05, 0.1) is 20.3 Å². The topological polar surface area (TPSA) is 38.8 Å².